The summed E-state index contributed by atoms with van der Waals surface area (Å²) in [5.41, 5.74) is 0. The predicted molar refractivity (Wildman–Crippen MR) is 462 cm³/mol. The standard InChI is InChI=1S/4C19H39NS2.3Mo.3O.4S/c4*1-3-5-7-9-11-13-15-17-20(19(21)22)18-16-14-12-10-8-6-4-2;;;;;;;;;;/h4*3-18H2,1-2H3,(H,21,22);;;;;;;;;;/q;;;;3*+4;;;;4*-2/p-4. The molecular formula is C76H152Mo3N4O3S12. The second-order valence-electron chi connectivity index (χ2n) is 26.0. The Hall–Kier alpha value is 3.30. The molecule has 0 N–H and O–H groups in total. The zero-order valence-electron chi connectivity index (χ0n) is 64.4. The summed E-state index contributed by atoms with van der Waals surface area (Å²) in [6.45, 7) is 26.8. The van der Waals surface area contributed by atoms with Gasteiger partial charge in [0.25, 0.3) is 0 Å². The molecule has 7 nitrogen and oxygen atoms in total. The van der Waals surface area contributed by atoms with Gasteiger partial charge in [-0.1, -0.05) is 381 Å². The summed E-state index contributed by atoms with van der Waals surface area (Å²) < 4.78 is 27.5. The Balaban J connectivity index is -0.000000110. The zero-order chi connectivity index (χ0) is 71.9. The van der Waals surface area contributed by atoms with E-state index in [9.17, 15) is 0 Å². The molecule has 0 aliphatic carbocycles. The van der Waals surface area contributed by atoms with Crippen LogP contribution in [0.1, 0.15) is 415 Å². The van der Waals surface area contributed by atoms with Crippen molar-refractivity contribution in [2.45, 2.75) is 415 Å². The maximum atomic E-state index is 8.26. The number of unbranched alkanes of at least 4 members (excludes halogenated alkanes) is 48. The van der Waals surface area contributed by atoms with Crippen LogP contribution in [0.4, 0.5) is 0 Å². The van der Waals surface area contributed by atoms with E-state index < -0.39 is 0 Å². The molecule has 0 aromatic heterocycles. The molecule has 0 rings (SSSR count). The maximum Gasteiger partial charge on any atom is -2.00 e. The van der Waals surface area contributed by atoms with E-state index in [0.29, 0.717) is 76.6 Å². The fraction of sp³-hybridized carbons (Fsp3) is 0.947. The Labute approximate surface area is 719 Å². The van der Waals surface area contributed by atoms with Gasteiger partial charge in [0.2, 0.25) is 0 Å². The van der Waals surface area contributed by atoms with Crippen LogP contribution in [0.25, 0.3) is 0 Å². The van der Waals surface area contributed by atoms with Crippen LogP contribution in [0.15, 0.2) is 0 Å². The molecule has 0 aromatic rings. The number of thiocarbonyl (C=S) groups is 4. The first-order valence-corrected chi connectivity index (χ1v) is 44.9. The average molecular weight is 1840 g/mol. The molecule has 0 aromatic carbocycles. The molecule has 0 fully saturated rings. The van der Waals surface area contributed by atoms with E-state index in [1.165, 1.54) is 360 Å². The fourth-order valence-corrected chi connectivity index (χ4v) is 12.7. The third-order valence-corrected chi connectivity index (χ3v) is 19.4. The molecule has 0 atom stereocenters. The Morgan fingerprint density at radius 3 is 0.327 bits per heavy atom. The van der Waals surface area contributed by atoms with Gasteiger partial charge in [-0.15, -0.1) is 0 Å². The van der Waals surface area contributed by atoms with Crippen molar-refractivity contribution in [2.75, 3.05) is 52.4 Å². The first kappa shape index (κ1) is 125. The Kier molecular flexibility index (Phi) is 151. The number of hydrogen-bond acceptors (Lipinski definition) is 11. The van der Waals surface area contributed by atoms with Gasteiger partial charge in [0, 0.05) is 52.4 Å². The van der Waals surface area contributed by atoms with Crippen LogP contribution in [-0.2, 0) is 174 Å². The van der Waals surface area contributed by atoms with Crippen LogP contribution in [0.2, 0.25) is 0 Å². The van der Waals surface area contributed by atoms with Crippen molar-refractivity contribution in [3.8, 4) is 0 Å². The van der Waals surface area contributed by atoms with Gasteiger partial charge in [0.05, 0.1) is 0 Å². The van der Waals surface area contributed by atoms with Crippen molar-refractivity contribution >= 4 is 171 Å². The Morgan fingerprint density at radius 2 is 0.255 bits per heavy atom. The monoisotopic (exact) mass is 1850 g/mol. The molecule has 0 spiro atoms. The van der Waals surface area contributed by atoms with Crippen LogP contribution in [0.5, 0.6) is 0 Å². The summed E-state index contributed by atoms with van der Waals surface area (Å²) in [7, 11) is 0. The SMILES string of the molecule is CCCCCCCCCN(CCCCCCCCC)C(=S)[S-].CCCCCCCCCN(CCCCCCCCC)C(=S)[S-].CCCCCCCCCN(CCCCCCCCC)C(=S)[S-].CCCCCCCCCN(CCCCCCCCC)C(=S)[S-].[O]=[Mo+4].[O]=[Mo+4].[O]=[Mo+4].[S-2].[S-2].[S-2].[S-2]. The minimum absolute atomic E-state index is 0. The van der Waals surface area contributed by atoms with Crippen molar-refractivity contribution < 1.29 is 69.5 Å². The minimum atomic E-state index is 0. The van der Waals surface area contributed by atoms with E-state index in [0.717, 1.165) is 52.4 Å². The van der Waals surface area contributed by atoms with Crippen molar-refractivity contribution in [3.05, 3.63) is 0 Å². The van der Waals surface area contributed by atoms with E-state index in [1.807, 2.05) is 0 Å². The first-order valence-electron chi connectivity index (χ1n) is 39.2. The van der Waals surface area contributed by atoms with Crippen LogP contribution >= 0.6 is 48.9 Å². The van der Waals surface area contributed by atoms with Gasteiger partial charge in [0.1, 0.15) is 0 Å². The van der Waals surface area contributed by atoms with Gasteiger partial charge in [-0.3, -0.25) is 0 Å². The summed E-state index contributed by atoms with van der Waals surface area (Å²) in [5.74, 6) is 0. The van der Waals surface area contributed by atoms with Gasteiger partial charge in [-0.05, 0) is 51.4 Å². The molecule has 98 heavy (non-hydrogen) atoms. The summed E-state index contributed by atoms with van der Waals surface area (Å²) in [6.07, 6.45) is 75.7. The predicted octanol–water partition coefficient (Wildman–Crippen LogP) is 26.1. The molecule has 0 amide bonds. The third-order valence-electron chi connectivity index (χ3n) is 17.3. The normalized spacial score (nSPS) is 9.90. The van der Waals surface area contributed by atoms with Gasteiger partial charge < -0.3 is 173 Å². The number of hydrogen-bond donors (Lipinski definition) is 0. The molecule has 0 bridgehead atoms. The summed E-state index contributed by atoms with van der Waals surface area (Å²) >= 11 is 43.9. The Morgan fingerprint density at radius 1 is 0.184 bits per heavy atom. The van der Waals surface area contributed by atoms with E-state index >= 15 is 0 Å². The Bertz CT molecular complexity index is 1200. The van der Waals surface area contributed by atoms with Gasteiger partial charge >= 0.3 is 69.5 Å². The first-order chi connectivity index (χ1) is 45.9. The topological polar surface area (TPSA) is 64.2 Å². The molecule has 22 heteroatoms. The van der Waals surface area contributed by atoms with E-state index in [2.05, 4.69) is 75.0 Å². The van der Waals surface area contributed by atoms with E-state index in [1.54, 1.807) is 0 Å². The van der Waals surface area contributed by atoms with Crippen LogP contribution in [0.3, 0.4) is 0 Å². The van der Waals surface area contributed by atoms with Crippen molar-refractivity contribution in [1.29, 1.82) is 0 Å². The average Bonchev–Trinajstić information content (AvgIpc) is 3.26. The van der Waals surface area contributed by atoms with Crippen LogP contribution in [-0.4, -0.2) is 89.2 Å². The minimum Gasteiger partial charge on any atom is -2.00 e. The van der Waals surface area contributed by atoms with Gasteiger partial charge in [-0.25, -0.2) is 0 Å². The molecule has 0 aliphatic rings. The molecule has 0 saturated heterocycles. The maximum absolute atomic E-state index is 8.26. The van der Waals surface area contributed by atoms with Crippen molar-refractivity contribution in [2.24, 2.45) is 0 Å². The van der Waals surface area contributed by atoms with E-state index in [4.69, 9.17) is 110 Å². The molecule has 0 saturated carbocycles. The second-order valence-corrected chi connectivity index (χ2v) is 30.1. The summed E-state index contributed by atoms with van der Waals surface area (Å²) in [6, 6.07) is 0. The van der Waals surface area contributed by atoms with Gasteiger partial charge in [-0.2, -0.15) is 0 Å². The molecule has 0 heterocycles. The molecule has 584 valence electrons. The van der Waals surface area contributed by atoms with E-state index in [-0.39, 0.29) is 54.0 Å². The third kappa shape index (κ3) is 115. The summed E-state index contributed by atoms with van der Waals surface area (Å²) in [4.78, 5) is 9.01. The van der Waals surface area contributed by atoms with Crippen molar-refractivity contribution in [1.82, 2.24) is 19.6 Å². The van der Waals surface area contributed by atoms with Crippen LogP contribution < -0.4 is 0 Å². The second kappa shape index (κ2) is 119. The molecule has 0 aliphatic heterocycles. The summed E-state index contributed by atoms with van der Waals surface area (Å²) in [5, 5.41) is 0. The van der Waals surface area contributed by atoms with Crippen molar-refractivity contribution in [3.63, 3.8) is 0 Å². The van der Waals surface area contributed by atoms with Crippen LogP contribution in [0, 0.1) is 0 Å². The fourth-order valence-electron chi connectivity index (χ4n) is 11.3. The largest absolute Gasteiger partial charge is 2.00 e. The smallest absolute Gasteiger partial charge is 2.00 e. The quantitative estimate of drug-likeness (QED) is 0.0251. The molecule has 0 radical (unpaired) electrons. The van der Waals surface area contributed by atoms with Gasteiger partial charge in [0.15, 0.2) is 0 Å². The number of nitrogens with zero attached hydrogens (tertiary/aromatic N) is 4. The molecular weight excluding hydrogens is 1690 g/mol. The zero-order valence-corrected chi connectivity index (χ0v) is 80.2. The molecule has 0 unspecified atom stereocenters. The number of rotatable bonds is 64.